The van der Waals surface area contributed by atoms with E-state index in [0.29, 0.717) is 11.1 Å². The van der Waals surface area contributed by atoms with Crippen LogP contribution in [0.2, 0.25) is 0 Å². The molecule has 2 N–H and O–H groups in total. The third-order valence-corrected chi connectivity index (χ3v) is 5.94. The second-order valence-corrected chi connectivity index (χ2v) is 7.52. The summed E-state index contributed by atoms with van der Waals surface area (Å²) in [4.78, 5) is 18.1. The number of aliphatic hydroxyl groups is 2. The Balaban J connectivity index is 1.62. The largest absolute Gasteiger partial charge is 0.394 e. The van der Waals surface area contributed by atoms with Gasteiger partial charge in [-0.05, 0) is 44.8 Å². The van der Waals surface area contributed by atoms with Crippen LogP contribution in [0.1, 0.15) is 25.3 Å². The molecule has 2 aliphatic rings. The molecule has 4 heterocycles. The second-order valence-electron chi connectivity index (χ2n) is 7.52. The Hall–Kier alpha value is -1.77. The number of nitrogens with zero attached hydrogens (tertiary/aromatic N) is 6. The topological polar surface area (TPSA) is 90.5 Å². The van der Waals surface area contributed by atoms with Gasteiger partial charge in [0.05, 0.1) is 25.6 Å². The van der Waals surface area contributed by atoms with Gasteiger partial charge in [-0.2, -0.15) is 0 Å². The number of fused-ring (bicyclic) bond motifs is 1. The van der Waals surface area contributed by atoms with Crippen LogP contribution in [-0.2, 0) is 0 Å². The second kappa shape index (κ2) is 6.51. The summed E-state index contributed by atoms with van der Waals surface area (Å²) in [5.74, 6) is 0.870. The first-order chi connectivity index (χ1) is 12.2. The molecule has 0 saturated carbocycles. The maximum Gasteiger partial charge on any atom is 0.165 e. The number of aromatic nitrogens is 4. The van der Waals surface area contributed by atoms with Crippen molar-refractivity contribution in [1.82, 2.24) is 24.4 Å². The lowest BCUT2D eigenvalue weighted by Crippen LogP contribution is -2.39. The predicted octanol–water partition coefficient (Wildman–Crippen LogP) is 0.274. The lowest BCUT2D eigenvalue weighted by atomic mass is 9.78. The lowest BCUT2D eigenvalue weighted by molar-refractivity contribution is 0.142. The monoisotopic (exact) mass is 346 g/mol. The smallest absolute Gasteiger partial charge is 0.165 e. The van der Waals surface area contributed by atoms with Crippen LogP contribution in [0.25, 0.3) is 11.2 Å². The number of rotatable bonds is 4. The van der Waals surface area contributed by atoms with Crippen molar-refractivity contribution in [2.75, 3.05) is 51.3 Å². The fourth-order valence-corrected chi connectivity index (χ4v) is 4.19. The molecule has 2 fully saturated rings. The zero-order chi connectivity index (χ0) is 17.4. The third kappa shape index (κ3) is 2.88. The van der Waals surface area contributed by atoms with Crippen molar-refractivity contribution in [3.8, 4) is 0 Å². The Morgan fingerprint density at radius 2 is 1.80 bits per heavy atom. The molecule has 0 atom stereocenters. The Kier molecular flexibility index (Phi) is 4.35. The van der Waals surface area contributed by atoms with Crippen LogP contribution >= 0.6 is 0 Å². The molecule has 136 valence electrons. The van der Waals surface area contributed by atoms with Crippen molar-refractivity contribution in [1.29, 1.82) is 0 Å². The highest BCUT2D eigenvalue weighted by Gasteiger charge is 2.41. The summed E-state index contributed by atoms with van der Waals surface area (Å²) in [6, 6.07) is -0.424. The number of hydrogen-bond acceptors (Lipinski definition) is 7. The van der Waals surface area contributed by atoms with Crippen LogP contribution in [0.4, 0.5) is 5.82 Å². The number of likely N-dealkylation sites (tertiary alicyclic amines) is 1. The van der Waals surface area contributed by atoms with Gasteiger partial charge in [-0.25, -0.2) is 15.0 Å². The van der Waals surface area contributed by atoms with E-state index in [4.69, 9.17) is 0 Å². The van der Waals surface area contributed by atoms with Crippen molar-refractivity contribution >= 4 is 17.0 Å². The van der Waals surface area contributed by atoms with Gasteiger partial charge < -0.3 is 24.6 Å². The zero-order valence-electron chi connectivity index (χ0n) is 14.7. The molecule has 2 aromatic heterocycles. The van der Waals surface area contributed by atoms with Crippen molar-refractivity contribution in [3.05, 3.63) is 12.7 Å². The van der Waals surface area contributed by atoms with Crippen LogP contribution in [0.5, 0.6) is 0 Å². The van der Waals surface area contributed by atoms with Gasteiger partial charge in [-0.1, -0.05) is 0 Å². The van der Waals surface area contributed by atoms with Crippen LogP contribution in [0.15, 0.2) is 12.7 Å². The lowest BCUT2D eigenvalue weighted by Gasteiger charge is -2.37. The molecule has 0 aliphatic carbocycles. The summed E-state index contributed by atoms with van der Waals surface area (Å²) in [6.45, 7) is 4.03. The van der Waals surface area contributed by atoms with E-state index in [0.717, 1.165) is 37.5 Å². The number of imidazole rings is 1. The normalized spacial score (nSPS) is 21.0. The molecule has 4 rings (SSSR count). The molecule has 0 amide bonds. The fourth-order valence-electron chi connectivity index (χ4n) is 4.19. The minimum absolute atomic E-state index is 0.151. The fraction of sp³-hybridized carbons (Fsp3) is 0.706. The molecular weight excluding hydrogens is 320 g/mol. The van der Waals surface area contributed by atoms with Gasteiger partial charge in [0.1, 0.15) is 6.33 Å². The van der Waals surface area contributed by atoms with Crippen molar-refractivity contribution in [2.24, 2.45) is 5.41 Å². The summed E-state index contributed by atoms with van der Waals surface area (Å²) in [5.41, 5.74) is 1.81. The van der Waals surface area contributed by atoms with Gasteiger partial charge in [0.15, 0.2) is 17.0 Å². The van der Waals surface area contributed by atoms with Gasteiger partial charge >= 0.3 is 0 Å². The Labute approximate surface area is 147 Å². The summed E-state index contributed by atoms with van der Waals surface area (Å²) < 4.78 is 1.74. The predicted molar refractivity (Wildman–Crippen MR) is 94.5 cm³/mol. The maximum absolute atomic E-state index is 9.46. The number of piperidine rings is 1. The van der Waals surface area contributed by atoms with Gasteiger partial charge in [-0.3, -0.25) is 0 Å². The minimum atomic E-state index is -0.424. The highest BCUT2D eigenvalue weighted by atomic mass is 16.3. The van der Waals surface area contributed by atoms with Crippen LogP contribution in [-0.4, -0.2) is 81.1 Å². The van der Waals surface area contributed by atoms with E-state index in [-0.39, 0.29) is 13.2 Å². The molecule has 0 bridgehead atoms. The SMILES string of the molecule is CN1CCC2(CC1)CCN(c1ncnc3c1ncn3C(CO)CO)C2. The Bertz CT molecular complexity index is 736. The van der Waals surface area contributed by atoms with E-state index in [1.807, 2.05) is 0 Å². The molecule has 0 aromatic carbocycles. The first-order valence-electron chi connectivity index (χ1n) is 8.98. The minimum Gasteiger partial charge on any atom is -0.394 e. The van der Waals surface area contributed by atoms with Crippen molar-refractivity contribution in [3.63, 3.8) is 0 Å². The molecule has 8 nitrogen and oxygen atoms in total. The zero-order valence-corrected chi connectivity index (χ0v) is 14.7. The molecule has 25 heavy (non-hydrogen) atoms. The number of anilines is 1. The van der Waals surface area contributed by atoms with E-state index in [2.05, 4.69) is 31.8 Å². The quantitative estimate of drug-likeness (QED) is 0.821. The molecular formula is C17H26N6O2. The van der Waals surface area contributed by atoms with Crippen molar-refractivity contribution in [2.45, 2.75) is 25.3 Å². The van der Waals surface area contributed by atoms with E-state index in [1.165, 1.54) is 19.3 Å². The van der Waals surface area contributed by atoms with E-state index in [9.17, 15) is 10.2 Å². The Morgan fingerprint density at radius 1 is 1.08 bits per heavy atom. The van der Waals surface area contributed by atoms with E-state index >= 15 is 0 Å². The standard InChI is InChI=1S/C17H26N6O2/c1-21-5-2-17(3-6-21)4-7-22(10-17)15-14-16(19-11-18-15)23(12-20-14)13(8-24)9-25/h11-13,24-25H,2-10H2,1H3. The van der Waals surface area contributed by atoms with Crippen LogP contribution in [0.3, 0.4) is 0 Å². The highest BCUT2D eigenvalue weighted by molar-refractivity contribution is 5.83. The maximum atomic E-state index is 9.46. The van der Waals surface area contributed by atoms with Crippen LogP contribution in [0, 0.1) is 5.41 Å². The average molecular weight is 346 g/mol. The van der Waals surface area contributed by atoms with Gasteiger partial charge in [0, 0.05) is 13.1 Å². The van der Waals surface area contributed by atoms with E-state index < -0.39 is 6.04 Å². The van der Waals surface area contributed by atoms with Crippen molar-refractivity contribution < 1.29 is 10.2 Å². The molecule has 0 unspecified atom stereocenters. The van der Waals surface area contributed by atoms with Gasteiger partial charge in [0.25, 0.3) is 0 Å². The Morgan fingerprint density at radius 3 is 2.52 bits per heavy atom. The number of aliphatic hydroxyl groups excluding tert-OH is 2. The van der Waals surface area contributed by atoms with E-state index in [1.54, 1.807) is 17.2 Å². The summed E-state index contributed by atoms with van der Waals surface area (Å²) >= 11 is 0. The molecule has 0 radical (unpaired) electrons. The summed E-state index contributed by atoms with van der Waals surface area (Å²) in [6.07, 6.45) is 6.87. The molecule has 2 aliphatic heterocycles. The molecule has 1 spiro atoms. The van der Waals surface area contributed by atoms with Gasteiger partial charge in [0.2, 0.25) is 0 Å². The summed E-state index contributed by atoms with van der Waals surface area (Å²) in [5, 5.41) is 18.9. The third-order valence-electron chi connectivity index (χ3n) is 5.94. The molecule has 8 heteroatoms. The van der Waals surface area contributed by atoms with Crippen LogP contribution < -0.4 is 4.90 Å². The highest BCUT2D eigenvalue weighted by Crippen LogP contribution is 2.42. The van der Waals surface area contributed by atoms with Gasteiger partial charge in [-0.15, -0.1) is 0 Å². The first kappa shape index (κ1) is 16.7. The number of hydrogen-bond donors (Lipinski definition) is 2. The molecule has 2 saturated heterocycles. The summed E-state index contributed by atoms with van der Waals surface area (Å²) in [7, 11) is 2.19. The first-order valence-corrected chi connectivity index (χ1v) is 8.98. The average Bonchev–Trinajstić information content (AvgIpc) is 3.24. The molecule has 2 aromatic rings.